The van der Waals surface area contributed by atoms with Crippen LogP contribution in [-0.4, -0.2) is 69.1 Å². The first-order valence-corrected chi connectivity index (χ1v) is 10.2. The van der Waals surface area contributed by atoms with Crippen LogP contribution < -0.4 is 0 Å². The molecule has 3 atom stereocenters. The van der Waals surface area contributed by atoms with Crippen LogP contribution in [0.15, 0.2) is 0 Å². The number of carboxylic acids is 1. The molecule has 9 heteroatoms. The highest BCUT2D eigenvalue weighted by molar-refractivity contribution is 8.00. The lowest BCUT2D eigenvalue weighted by Gasteiger charge is -2.33. The Morgan fingerprint density at radius 2 is 1.81 bits per heavy atom. The SMILES string of the molecule is CC1(C)OB(CCC[C@]23CCS[C@H]2CN(C(=O)O)[C@@H]3C(=O)O)OC1(C)C. The predicted molar refractivity (Wildman–Crippen MR) is 99.6 cm³/mol. The molecule has 0 aliphatic carbocycles. The molecule has 0 aromatic rings. The summed E-state index contributed by atoms with van der Waals surface area (Å²) in [4.78, 5) is 24.5. The Balaban J connectivity index is 1.68. The molecule has 3 aliphatic rings. The average molecular weight is 385 g/mol. The average Bonchev–Trinajstić information content (AvgIpc) is 3.06. The Kier molecular flexibility index (Phi) is 5.03. The van der Waals surface area contributed by atoms with Gasteiger partial charge in [0.1, 0.15) is 6.04 Å². The summed E-state index contributed by atoms with van der Waals surface area (Å²) in [5.74, 6) is -0.147. The quantitative estimate of drug-likeness (QED) is 0.703. The van der Waals surface area contributed by atoms with Crippen LogP contribution in [0.2, 0.25) is 6.32 Å². The third kappa shape index (κ3) is 3.12. The molecule has 2 N–H and O–H groups in total. The van der Waals surface area contributed by atoms with Crippen molar-refractivity contribution in [1.29, 1.82) is 0 Å². The molecule has 0 spiro atoms. The fraction of sp³-hybridized carbons (Fsp3) is 0.882. The van der Waals surface area contributed by atoms with Gasteiger partial charge in [-0.05, 0) is 52.6 Å². The number of aliphatic carboxylic acids is 1. The van der Waals surface area contributed by atoms with Crippen LogP contribution >= 0.6 is 11.8 Å². The number of likely N-dealkylation sites (tertiary alicyclic amines) is 1. The number of amides is 1. The van der Waals surface area contributed by atoms with Crippen molar-refractivity contribution in [3.63, 3.8) is 0 Å². The molecule has 0 unspecified atom stereocenters. The standard InChI is InChI=1S/C17H28BNO6S/c1-15(2)16(3,4)25-18(24-15)8-5-6-17-7-9-26-11(17)10-19(14(22)23)12(17)13(20)21/h11-12H,5-10H2,1-4H3,(H,20,21)(H,22,23)/t11-,12+,17-/m0/s1. The van der Waals surface area contributed by atoms with Crippen molar-refractivity contribution in [3.05, 3.63) is 0 Å². The number of carboxylic acid groups (broad SMARTS) is 2. The number of fused-ring (bicyclic) bond motifs is 1. The van der Waals surface area contributed by atoms with E-state index in [9.17, 15) is 19.8 Å². The van der Waals surface area contributed by atoms with Crippen LogP contribution in [0.25, 0.3) is 0 Å². The maximum Gasteiger partial charge on any atom is 0.457 e. The van der Waals surface area contributed by atoms with Gasteiger partial charge in [-0.25, -0.2) is 9.59 Å². The smallest absolute Gasteiger partial charge is 0.457 e. The molecule has 1 amide bonds. The van der Waals surface area contributed by atoms with Gasteiger partial charge in [-0.2, -0.15) is 11.8 Å². The Morgan fingerprint density at radius 3 is 2.35 bits per heavy atom. The van der Waals surface area contributed by atoms with Gasteiger partial charge in [0.05, 0.1) is 11.2 Å². The van der Waals surface area contributed by atoms with Crippen LogP contribution in [-0.2, 0) is 14.1 Å². The predicted octanol–water partition coefficient (Wildman–Crippen LogP) is 2.80. The van der Waals surface area contributed by atoms with Crippen molar-refractivity contribution >= 4 is 30.9 Å². The van der Waals surface area contributed by atoms with Crippen molar-refractivity contribution in [3.8, 4) is 0 Å². The fourth-order valence-electron chi connectivity index (χ4n) is 4.53. The molecule has 0 saturated carbocycles. The van der Waals surface area contributed by atoms with Gasteiger partial charge in [-0.3, -0.25) is 4.90 Å². The highest BCUT2D eigenvalue weighted by Crippen LogP contribution is 2.55. The van der Waals surface area contributed by atoms with Gasteiger partial charge in [-0.1, -0.05) is 6.42 Å². The number of thioether (sulfide) groups is 1. The Morgan fingerprint density at radius 1 is 1.19 bits per heavy atom. The zero-order chi connectivity index (χ0) is 19.3. The Labute approximate surface area is 158 Å². The third-order valence-corrected chi connectivity index (χ3v) is 8.07. The van der Waals surface area contributed by atoms with E-state index in [2.05, 4.69) is 0 Å². The van der Waals surface area contributed by atoms with E-state index in [-0.39, 0.29) is 23.6 Å². The van der Waals surface area contributed by atoms with Gasteiger partial charge < -0.3 is 19.5 Å². The molecular weight excluding hydrogens is 357 g/mol. The lowest BCUT2D eigenvalue weighted by Crippen LogP contribution is -2.48. The van der Waals surface area contributed by atoms with Crippen LogP contribution in [0.4, 0.5) is 4.79 Å². The summed E-state index contributed by atoms with van der Waals surface area (Å²) in [6.07, 6.45) is 1.72. The van der Waals surface area contributed by atoms with Crippen molar-refractivity contribution in [2.75, 3.05) is 12.3 Å². The Hall–Kier alpha value is -0.925. The second kappa shape index (κ2) is 6.60. The largest absolute Gasteiger partial charge is 0.480 e. The molecule has 26 heavy (non-hydrogen) atoms. The van der Waals surface area contributed by atoms with E-state index in [4.69, 9.17) is 9.31 Å². The summed E-state index contributed by atoms with van der Waals surface area (Å²) in [6.45, 7) is 8.34. The summed E-state index contributed by atoms with van der Waals surface area (Å²) in [7, 11) is -0.302. The molecule has 3 rings (SSSR count). The molecule has 3 heterocycles. The van der Waals surface area contributed by atoms with E-state index < -0.39 is 23.5 Å². The van der Waals surface area contributed by atoms with Gasteiger partial charge in [-0.15, -0.1) is 0 Å². The summed E-state index contributed by atoms with van der Waals surface area (Å²) < 4.78 is 12.0. The molecule has 7 nitrogen and oxygen atoms in total. The van der Waals surface area contributed by atoms with E-state index in [0.717, 1.165) is 23.5 Å². The summed E-state index contributed by atoms with van der Waals surface area (Å²) in [5.41, 5.74) is -1.24. The van der Waals surface area contributed by atoms with E-state index in [1.54, 1.807) is 11.8 Å². The van der Waals surface area contributed by atoms with E-state index >= 15 is 0 Å². The summed E-state index contributed by atoms with van der Waals surface area (Å²) >= 11 is 1.71. The number of hydrogen-bond acceptors (Lipinski definition) is 5. The summed E-state index contributed by atoms with van der Waals surface area (Å²) in [6, 6.07) is -0.960. The van der Waals surface area contributed by atoms with Gasteiger partial charge >= 0.3 is 19.2 Å². The monoisotopic (exact) mass is 385 g/mol. The highest BCUT2D eigenvalue weighted by atomic mass is 32.2. The van der Waals surface area contributed by atoms with E-state index in [1.807, 2.05) is 27.7 Å². The van der Waals surface area contributed by atoms with Crippen LogP contribution in [0.5, 0.6) is 0 Å². The number of rotatable bonds is 5. The second-order valence-electron chi connectivity index (χ2n) is 8.60. The number of nitrogens with zero attached hydrogens (tertiary/aromatic N) is 1. The normalized spacial score (nSPS) is 34.9. The minimum absolute atomic E-state index is 0.0537. The molecule has 146 valence electrons. The van der Waals surface area contributed by atoms with Gasteiger partial charge in [0, 0.05) is 17.2 Å². The van der Waals surface area contributed by atoms with Gasteiger partial charge in [0.25, 0.3) is 0 Å². The lowest BCUT2D eigenvalue weighted by atomic mass is 9.71. The molecule has 0 aromatic carbocycles. The molecule has 0 radical (unpaired) electrons. The zero-order valence-corrected chi connectivity index (χ0v) is 16.7. The molecule has 3 aliphatic heterocycles. The Bertz CT molecular complexity index is 584. The first kappa shape index (κ1) is 19.8. The number of hydrogen-bond donors (Lipinski definition) is 2. The molecule has 0 aromatic heterocycles. The molecule has 3 saturated heterocycles. The summed E-state index contributed by atoms with van der Waals surface area (Å²) in [5, 5.41) is 19.2. The zero-order valence-electron chi connectivity index (χ0n) is 15.9. The number of carbonyl (C=O) groups is 2. The third-order valence-electron chi connectivity index (χ3n) is 6.61. The topological polar surface area (TPSA) is 96.3 Å². The lowest BCUT2D eigenvalue weighted by molar-refractivity contribution is -0.145. The molecule has 3 fully saturated rings. The maximum absolute atomic E-state index is 11.9. The minimum Gasteiger partial charge on any atom is -0.480 e. The van der Waals surface area contributed by atoms with Crippen molar-refractivity contribution in [2.24, 2.45) is 5.41 Å². The van der Waals surface area contributed by atoms with Crippen molar-refractivity contribution in [1.82, 2.24) is 4.90 Å². The molecule has 0 bridgehead atoms. The first-order chi connectivity index (χ1) is 12.0. The van der Waals surface area contributed by atoms with Gasteiger partial charge in [0.15, 0.2) is 0 Å². The fourth-order valence-corrected chi connectivity index (χ4v) is 6.28. The molecular formula is C17H28BNO6S. The minimum atomic E-state index is -1.14. The highest BCUT2D eigenvalue weighted by Gasteiger charge is 2.61. The van der Waals surface area contributed by atoms with Gasteiger partial charge in [0.2, 0.25) is 0 Å². The van der Waals surface area contributed by atoms with Crippen LogP contribution in [0.1, 0.15) is 47.0 Å². The van der Waals surface area contributed by atoms with Crippen molar-refractivity contribution in [2.45, 2.75) is 75.8 Å². The van der Waals surface area contributed by atoms with Crippen LogP contribution in [0, 0.1) is 5.41 Å². The van der Waals surface area contributed by atoms with E-state index in [0.29, 0.717) is 19.3 Å². The maximum atomic E-state index is 11.9. The van der Waals surface area contributed by atoms with Crippen LogP contribution in [0.3, 0.4) is 0 Å². The van der Waals surface area contributed by atoms with E-state index in [1.165, 1.54) is 0 Å². The second-order valence-corrected chi connectivity index (χ2v) is 9.91. The first-order valence-electron chi connectivity index (χ1n) is 9.20. The van der Waals surface area contributed by atoms with Crippen molar-refractivity contribution < 1.29 is 29.1 Å².